The van der Waals surface area contributed by atoms with Gasteiger partial charge in [-0.2, -0.15) is 0 Å². The number of anilines is 2. The number of fused-ring (bicyclic) bond motifs is 1. The fraction of sp³-hybridized carbons (Fsp3) is 0.120. The van der Waals surface area contributed by atoms with E-state index in [0.717, 1.165) is 27.4 Å². The van der Waals surface area contributed by atoms with Crippen LogP contribution < -0.4 is 10.2 Å². The summed E-state index contributed by atoms with van der Waals surface area (Å²) in [6, 6.07) is 22.3. The quantitative estimate of drug-likeness (QED) is 0.452. The standard InChI is InChI=1S/C25H19N3O3S/c29-23-12-13-24(30)28(23)19-5-3-4-17(15-19)25(31)26-18-10-8-16(9-11-18)14-22-27-20-6-1-2-7-21(20)32-22/h1-11,15H,12-14H2,(H,26,31). The minimum Gasteiger partial charge on any atom is -0.322 e. The number of aromatic nitrogens is 1. The van der Waals surface area contributed by atoms with E-state index < -0.39 is 0 Å². The van der Waals surface area contributed by atoms with E-state index in [-0.39, 0.29) is 30.6 Å². The molecule has 0 unspecified atom stereocenters. The maximum atomic E-state index is 12.7. The first kappa shape index (κ1) is 20.1. The Morgan fingerprint density at radius 3 is 2.44 bits per heavy atom. The fourth-order valence-corrected chi connectivity index (χ4v) is 4.73. The van der Waals surface area contributed by atoms with E-state index in [1.54, 1.807) is 35.6 Å². The summed E-state index contributed by atoms with van der Waals surface area (Å²) in [6.45, 7) is 0. The van der Waals surface area contributed by atoms with Crippen molar-refractivity contribution in [3.8, 4) is 0 Å². The van der Waals surface area contributed by atoms with E-state index in [1.807, 2.05) is 42.5 Å². The van der Waals surface area contributed by atoms with Gasteiger partial charge in [0.2, 0.25) is 11.8 Å². The minimum atomic E-state index is -0.301. The molecule has 32 heavy (non-hydrogen) atoms. The maximum absolute atomic E-state index is 12.7. The molecule has 1 aliphatic heterocycles. The van der Waals surface area contributed by atoms with Crippen LogP contribution in [-0.4, -0.2) is 22.7 Å². The van der Waals surface area contributed by atoms with Gasteiger partial charge in [0.1, 0.15) is 0 Å². The topological polar surface area (TPSA) is 79.4 Å². The zero-order valence-corrected chi connectivity index (χ0v) is 17.9. The van der Waals surface area contributed by atoms with Crippen LogP contribution in [0.25, 0.3) is 10.2 Å². The van der Waals surface area contributed by atoms with Gasteiger partial charge in [0.05, 0.1) is 20.9 Å². The maximum Gasteiger partial charge on any atom is 0.255 e. The molecule has 1 fully saturated rings. The highest BCUT2D eigenvalue weighted by atomic mass is 32.1. The highest BCUT2D eigenvalue weighted by Crippen LogP contribution is 2.25. The molecule has 158 valence electrons. The van der Waals surface area contributed by atoms with Crippen LogP contribution in [0.2, 0.25) is 0 Å². The summed E-state index contributed by atoms with van der Waals surface area (Å²) in [5.74, 6) is -0.780. The molecule has 0 spiro atoms. The molecular formula is C25H19N3O3S. The van der Waals surface area contributed by atoms with E-state index in [9.17, 15) is 14.4 Å². The fourth-order valence-electron chi connectivity index (χ4n) is 3.73. The summed E-state index contributed by atoms with van der Waals surface area (Å²) in [4.78, 5) is 42.5. The first-order chi connectivity index (χ1) is 15.6. The number of rotatable bonds is 5. The van der Waals surface area contributed by atoms with E-state index in [4.69, 9.17) is 0 Å². The summed E-state index contributed by atoms with van der Waals surface area (Å²) in [6.07, 6.45) is 1.14. The lowest BCUT2D eigenvalue weighted by molar-refractivity contribution is -0.121. The number of thiazole rings is 1. The second-order valence-corrected chi connectivity index (χ2v) is 8.69. The smallest absolute Gasteiger partial charge is 0.255 e. The molecule has 0 radical (unpaired) electrons. The number of carbonyl (C=O) groups excluding carboxylic acids is 3. The van der Waals surface area contributed by atoms with Gasteiger partial charge in [-0.15, -0.1) is 11.3 Å². The molecule has 3 amide bonds. The van der Waals surface area contributed by atoms with Crippen LogP contribution in [0.1, 0.15) is 33.8 Å². The van der Waals surface area contributed by atoms with Crippen molar-refractivity contribution in [3.05, 3.63) is 88.9 Å². The van der Waals surface area contributed by atoms with Gasteiger partial charge in [-0.05, 0) is 48.0 Å². The SMILES string of the molecule is O=C(Nc1ccc(Cc2nc3ccccc3s2)cc1)c1cccc(N2C(=O)CCC2=O)c1. The van der Waals surface area contributed by atoms with Gasteiger partial charge in [-0.3, -0.25) is 19.3 Å². The van der Waals surface area contributed by atoms with E-state index in [2.05, 4.69) is 16.4 Å². The predicted octanol–water partition coefficient (Wildman–Crippen LogP) is 4.79. The lowest BCUT2D eigenvalue weighted by Gasteiger charge is -2.15. The van der Waals surface area contributed by atoms with Crippen molar-refractivity contribution in [3.63, 3.8) is 0 Å². The molecule has 0 atom stereocenters. The predicted molar refractivity (Wildman–Crippen MR) is 125 cm³/mol. The van der Waals surface area contributed by atoms with Crippen LogP contribution >= 0.6 is 11.3 Å². The summed E-state index contributed by atoms with van der Waals surface area (Å²) < 4.78 is 1.17. The molecule has 2 heterocycles. The van der Waals surface area contributed by atoms with Crippen molar-refractivity contribution in [2.75, 3.05) is 10.2 Å². The third-order valence-corrected chi connectivity index (χ3v) is 6.36. The van der Waals surface area contributed by atoms with Gasteiger partial charge < -0.3 is 5.32 Å². The Kier molecular flexibility index (Phi) is 5.25. The Hall–Kier alpha value is -3.84. The molecule has 7 heteroatoms. The average molecular weight is 442 g/mol. The lowest BCUT2D eigenvalue weighted by Crippen LogP contribution is -2.28. The van der Waals surface area contributed by atoms with Crippen molar-refractivity contribution in [1.29, 1.82) is 0 Å². The molecule has 1 N–H and O–H groups in total. The van der Waals surface area contributed by atoms with E-state index >= 15 is 0 Å². The van der Waals surface area contributed by atoms with Crippen LogP contribution in [0.4, 0.5) is 11.4 Å². The highest BCUT2D eigenvalue weighted by Gasteiger charge is 2.30. The largest absolute Gasteiger partial charge is 0.322 e. The van der Waals surface area contributed by atoms with Gasteiger partial charge in [-0.1, -0.05) is 30.3 Å². The van der Waals surface area contributed by atoms with E-state index in [0.29, 0.717) is 16.9 Å². The Labute approximate surface area is 188 Å². The number of para-hydroxylation sites is 1. The Morgan fingerprint density at radius 1 is 0.938 bits per heavy atom. The molecule has 3 aromatic carbocycles. The molecule has 1 aromatic heterocycles. The molecule has 0 aliphatic carbocycles. The third-order valence-electron chi connectivity index (χ3n) is 5.32. The van der Waals surface area contributed by atoms with Gasteiger partial charge in [-0.25, -0.2) is 4.98 Å². The van der Waals surface area contributed by atoms with Crippen LogP contribution in [0.3, 0.4) is 0 Å². The Morgan fingerprint density at radius 2 is 1.69 bits per heavy atom. The zero-order chi connectivity index (χ0) is 22.1. The monoisotopic (exact) mass is 441 g/mol. The molecule has 4 aromatic rings. The number of amides is 3. The number of nitrogens with zero attached hydrogens (tertiary/aromatic N) is 2. The Balaban J connectivity index is 1.27. The number of hydrogen-bond acceptors (Lipinski definition) is 5. The summed E-state index contributed by atoms with van der Waals surface area (Å²) in [7, 11) is 0. The molecule has 1 aliphatic rings. The summed E-state index contributed by atoms with van der Waals surface area (Å²) >= 11 is 1.68. The van der Waals surface area contributed by atoms with Crippen LogP contribution in [0.15, 0.2) is 72.8 Å². The zero-order valence-electron chi connectivity index (χ0n) is 17.1. The normalized spacial score (nSPS) is 13.7. The summed E-state index contributed by atoms with van der Waals surface area (Å²) in [5, 5.41) is 3.92. The third kappa shape index (κ3) is 4.02. The van der Waals surface area contributed by atoms with Gasteiger partial charge >= 0.3 is 0 Å². The van der Waals surface area contributed by atoms with Crippen molar-refractivity contribution in [2.45, 2.75) is 19.3 Å². The van der Waals surface area contributed by atoms with Crippen LogP contribution in [-0.2, 0) is 16.0 Å². The first-order valence-electron chi connectivity index (χ1n) is 10.3. The van der Waals surface area contributed by atoms with Crippen LogP contribution in [0, 0.1) is 0 Å². The molecule has 0 saturated carbocycles. The van der Waals surface area contributed by atoms with Crippen molar-refractivity contribution >= 4 is 50.6 Å². The average Bonchev–Trinajstić information content (AvgIpc) is 3.37. The van der Waals surface area contributed by atoms with Crippen molar-refractivity contribution < 1.29 is 14.4 Å². The minimum absolute atomic E-state index is 0.207. The molecule has 1 saturated heterocycles. The summed E-state index contributed by atoms with van der Waals surface area (Å²) in [5.41, 5.74) is 3.60. The Bertz CT molecular complexity index is 1300. The lowest BCUT2D eigenvalue weighted by atomic mass is 10.1. The van der Waals surface area contributed by atoms with E-state index in [1.165, 1.54) is 4.70 Å². The second-order valence-electron chi connectivity index (χ2n) is 7.58. The van der Waals surface area contributed by atoms with Crippen molar-refractivity contribution in [1.82, 2.24) is 4.98 Å². The van der Waals surface area contributed by atoms with Gasteiger partial charge in [0.25, 0.3) is 5.91 Å². The molecule has 5 rings (SSSR count). The van der Waals surface area contributed by atoms with Gasteiger partial charge in [0, 0.05) is 30.5 Å². The van der Waals surface area contributed by atoms with Crippen LogP contribution in [0.5, 0.6) is 0 Å². The van der Waals surface area contributed by atoms with Gasteiger partial charge in [0.15, 0.2) is 0 Å². The van der Waals surface area contributed by atoms with Crippen molar-refractivity contribution in [2.24, 2.45) is 0 Å². The number of carbonyl (C=O) groups is 3. The highest BCUT2D eigenvalue weighted by molar-refractivity contribution is 7.18. The number of nitrogens with one attached hydrogen (secondary N) is 1. The molecular weight excluding hydrogens is 422 g/mol. The number of hydrogen-bond donors (Lipinski definition) is 1. The first-order valence-corrected chi connectivity index (χ1v) is 11.1. The molecule has 6 nitrogen and oxygen atoms in total. The number of benzene rings is 3. The second kappa shape index (κ2) is 8.36. The molecule has 0 bridgehead atoms. The number of imide groups is 1.